The third-order valence-electron chi connectivity index (χ3n) is 5.97. The van der Waals surface area contributed by atoms with Gasteiger partial charge in [-0.15, -0.1) is 0 Å². The van der Waals surface area contributed by atoms with Gasteiger partial charge in [-0.3, -0.25) is 14.5 Å². The average molecular weight is 462 g/mol. The van der Waals surface area contributed by atoms with Crippen molar-refractivity contribution < 1.29 is 9.59 Å². The zero-order valence-electron chi connectivity index (χ0n) is 18.5. The first-order valence-electron chi connectivity index (χ1n) is 11.3. The Morgan fingerprint density at radius 1 is 0.818 bits per heavy atom. The highest BCUT2D eigenvalue weighted by Crippen LogP contribution is 2.27. The molecule has 2 amide bonds. The highest BCUT2D eigenvalue weighted by Gasteiger charge is 2.22. The van der Waals surface area contributed by atoms with E-state index in [1.807, 2.05) is 83.8 Å². The highest BCUT2D eigenvalue weighted by molar-refractivity contribution is 6.31. The van der Waals surface area contributed by atoms with Gasteiger partial charge in [-0.1, -0.05) is 78.3 Å². The second kappa shape index (κ2) is 11.1. The van der Waals surface area contributed by atoms with Gasteiger partial charge in [0.25, 0.3) is 0 Å². The maximum Gasteiger partial charge on any atom is 0.227 e. The summed E-state index contributed by atoms with van der Waals surface area (Å²) < 4.78 is 0. The largest absolute Gasteiger partial charge is 0.340 e. The van der Waals surface area contributed by atoms with Crippen molar-refractivity contribution in [2.24, 2.45) is 0 Å². The van der Waals surface area contributed by atoms with E-state index in [-0.39, 0.29) is 11.8 Å². The number of carbonyl (C=O) groups excluding carboxylic acids is 2. The second-order valence-corrected chi connectivity index (χ2v) is 8.61. The van der Waals surface area contributed by atoms with Crippen molar-refractivity contribution >= 4 is 29.1 Å². The van der Waals surface area contributed by atoms with Gasteiger partial charge in [0, 0.05) is 55.4 Å². The molecule has 0 bridgehead atoms. The molecule has 170 valence electrons. The summed E-state index contributed by atoms with van der Waals surface area (Å²) in [5.74, 6) is 0.0913. The van der Waals surface area contributed by atoms with E-state index in [0.717, 1.165) is 35.5 Å². The van der Waals surface area contributed by atoms with Crippen molar-refractivity contribution in [2.45, 2.75) is 12.8 Å². The number of rotatable bonds is 7. The van der Waals surface area contributed by atoms with Crippen LogP contribution >= 0.6 is 11.6 Å². The molecule has 3 aromatic carbocycles. The zero-order chi connectivity index (χ0) is 23.0. The quantitative estimate of drug-likeness (QED) is 0.553. The van der Waals surface area contributed by atoms with E-state index in [1.54, 1.807) is 0 Å². The molecule has 1 fully saturated rings. The zero-order valence-corrected chi connectivity index (χ0v) is 19.3. The minimum atomic E-state index is -0.00407. The Hall–Kier alpha value is -3.15. The number of hydrogen-bond donors (Lipinski definition) is 1. The molecule has 0 spiro atoms. The Kier molecular flexibility index (Phi) is 7.76. The summed E-state index contributed by atoms with van der Waals surface area (Å²) in [5.41, 5.74) is 3.77. The van der Waals surface area contributed by atoms with E-state index in [1.165, 1.54) is 0 Å². The number of nitrogens with one attached hydrogen (secondary N) is 1. The van der Waals surface area contributed by atoms with E-state index < -0.39 is 0 Å². The lowest BCUT2D eigenvalue weighted by Gasteiger charge is -2.34. The summed E-state index contributed by atoms with van der Waals surface area (Å²) in [5, 5.41) is 3.69. The molecule has 3 aromatic rings. The molecule has 1 heterocycles. The van der Waals surface area contributed by atoms with Gasteiger partial charge in [0.15, 0.2) is 0 Å². The van der Waals surface area contributed by atoms with Crippen molar-refractivity contribution in [3.05, 3.63) is 89.4 Å². The third kappa shape index (κ3) is 6.21. The lowest BCUT2D eigenvalue weighted by atomic mass is 10.0. The molecular formula is C27H28ClN3O2. The normalized spacial score (nSPS) is 14.2. The monoisotopic (exact) mass is 461 g/mol. The second-order valence-electron chi connectivity index (χ2n) is 8.20. The molecule has 0 saturated carbocycles. The highest BCUT2D eigenvalue weighted by atomic mass is 35.5. The predicted molar refractivity (Wildman–Crippen MR) is 133 cm³/mol. The van der Waals surface area contributed by atoms with Gasteiger partial charge in [0.1, 0.15) is 0 Å². The standard InChI is InChI=1S/C27H28ClN3O2/c28-24-12-6-4-10-22(24)20-27(33)31-18-16-30(17-19-31)15-14-26(32)29-25-13-7-5-11-23(25)21-8-2-1-3-9-21/h1-13H,14-20H2,(H,29,32). The number of halogens is 1. The number of nitrogens with zero attached hydrogens (tertiary/aromatic N) is 2. The molecule has 1 saturated heterocycles. The molecule has 0 aromatic heterocycles. The lowest BCUT2D eigenvalue weighted by molar-refractivity contribution is -0.132. The van der Waals surface area contributed by atoms with Crippen molar-refractivity contribution in [3.63, 3.8) is 0 Å². The SMILES string of the molecule is O=C(CCN1CCN(C(=O)Cc2ccccc2Cl)CC1)Nc1ccccc1-c1ccccc1. The molecule has 4 rings (SSSR count). The predicted octanol–water partition coefficient (Wildman–Crippen LogP) is 4.72. The van der Waals surface area contributed by atoms with Crippen molar-refractivity contribution in [1.29, 1.82) is 0 Å². The van der Waals surface area contributed by atoms with Crippen LogP contribution in [0.25, 0.3) is 11.1 Å². The molecule has 33 heavy (non-hydrogen) atoms. The molecule has 1 aliphatic heterocycles. The summed E-state index contributed by atoms with van der Waals surface area (Å²) in [6, 6.07) is 25.4. The van der Waals surface area contributed by atoms with Gasteiger partial charge in [0.05, 0.1) is 6.42 Å². The first-order chi connectivity index (χ1) is 16.1. The maximum absolute atomic E-state index is 12.6. The molecule has 1 aliphatic rings. The van der Waals surface area contributed by atoms with E-state index in [0.29, 0.717) is 37.5 Å². The first kappa shape index (κ1) is 23.0. The molecule has 0 radical (unpaired) electrons. The summed E-state index contributed by atoms with van der Waals surface area (Å²) >= 11 is 6.19. The molecule has 0 unspecified atom stereocenters. The van der Waals surface area contributed by atoms with Gasteiger partial charge >= 0.3 is 0 Å². The third-order valence-corrected chi connectivity index (χ3v) is 6.33. The average Bonchev–Trinajstić information content (AvgIpc) is 2.85. The van der Waals surface area contributed by atoms with Gasteiger partial charge in [-0.25, -0.2) is 0 Å². The summed E-state index contributed by atoms with van der Waals surface area (Å²) in [4.78, 5) is 29.4. The Balaban J connectivity index is 1.24. The molecular weight excluding hydrogens is 434 g/mol. The van der Waals surface area contributed by atoms with Crippen molar-refractivity contribution in [3.8, 4) is 11.1 Å². The summed E-state index contributed by atoms with van der Waals surface area (Å²) in [6.45, 7) is 3.54. The minimum Gasteiger partial charge on any atom is -0.340 e. The maximum atomic E-state index is 12.6. The molecule has 0 atom stereocenters. The van der Waals surface area contributed by atoms with Crippen LogP contribution in [-0.2, 0) is 16.0 Å². The summed E-state index contributed by atoms with van der Waals surface area (Å²) in [6.07, 6.45) is 0.736. The lowest BCUT2D eigenvalue weighted by Crippen LogP contribution is -2.49. The topological polar surface area (TPSA) is 52.7 Å². The van der Waals surface area contributed by atoms with Crippen LogP contribution in [0.5, 0.6) is 0 Å². The Morgan fingerprint density at radius 2 is 1.48 bits per heavy atom. The van der Waals surface area contributed by atoms with E-state index in [4.69, 9.17) is 11.6 Å². The molecule has 5 nitrogen and oxygen atoms in total. The van der Waals surface area contributed by atoms with Crippen molar-refractivity contribution in [2.75, 3.05) is 38.0 Å². The van der Waals surface area contributed by atoms with Crippen LogP contribution in [0.1, 0.15) is 12.0 Å². The van der Waals surface area contributed by atoms with Crippen LogP contribution in [0.2, 0.25) is 5.02 Å². The fourth-order valence-corrected chi connectivity index (χ4v) is 4.27. The van der Waals surface area contributed by atoms with E-state index in [2.05, 4.69) is 10.2 Å². The van der Waals surface area contributed by atoms with Gasteiger partial charge in [-0.05, 0) is 23.3 Å². The van der Waals surface area contributed by atoms with Gasteiger partial charge in [0.2, 0.25) is 11.8 Å². The van der Waals surface area contributed by atoms with Gasteiger partial charge < -0.3 is 10.2 Å². The van der Waals surface area contributed by atoms with E-state index >= 15 is 0 Å². The Bertz CT molecular complexity index is 1100. The van der Waals surface area contributed by atoms with E-state index in [9.17, 15) is 9.59 Å². The number of para-hydroxylation sites is 1. The first-order valence-corrected chi connectivity index (χ1v) is 11.7. The number of amides is 2. The number of hydrogen-bond acceptors (Lipinski definition) is 3. The molecule has 1 N–H and O–H groups in total. The van der Waals surface area contributed by atoms with Crippen LogP contribution in [0, 0.1) is 0 Å². The Labute approximate surface area is 200 Å². The van der Waals surface area contributed by atoms with Crippen molar-refractivity contribution in [1.82, 2.24) is 9.80 Å². The van der Waals surface area contributed by atoms with Crippen LogP contribution < -0.4 is 5.32 Å². The number of anilines is 1. The number of benzene rings is 3. The molecule has 0 aliphatic carbocycles. The molecule has 6 heteroatoms. The summed E-state index contributed by atoms with van der Waals surface area (Å²) in [7, 11) is 0. The van der Waals surface area contributed by atoms with Crippen LogP contribution in [-0.4, -0.2) is 54.3 Å². The fourth-order valence-electron chi connectivity index (χ4n) is 4.07. The minimum absolute atomic E-state index is 0.00407. The van der Waals surface area contributed by atoms with Gasteiger partial charge in [-0.2, -0.15) is 0 Å². The van der Waals surface area contributed by atoms with Crippen LogP contribution in [0.3, 0.4) is 0 Å². The number of carbonyl (C=O) groups is 2. The Morgan fingerprint density at radius 3 is 2.24 bits per heavy atom. The van der Waals surface area contributed by atoms with Crippen LogP contribution in [0.15, 0.2) is 78.9 Å². The fraction of sp³-hybridized carbons (Fsp3) is 0.259. The number of piperazine rings is 1. The van der Waals surface area contributed by atoms with Crippen LogP contribution in [0.4, 0.5) is 5.69 Å². The smallest absolute Gasteiger partial charge is 0.227 e.